The highest BCUT2D eigenvalue weighted by molar-refractivity contribution is 8.00. The molecule has 2 aromatic heterocycles. The summed E-state index contributed by atoms with van der Waals surface area (Å²) in [6.45, 7) is 4.37. The van der Waals surface area contributed by atoms with E-state index in [9.17, 15) is 0 Å². The highest BCUT2D eigenvalue weighted by atomic mass is 32.2. The van der Waals surface area contributed by atoms with Gasteiger partial charge in [0.25, 0.3) is 0 Å². The van der Waals surface area contributed by atoms with E-state index in [0.29, 0.717) is 5.92 Å². The van der Waals surface area contributed by atoms with Gasteiger partial charge in [-0.05, 0) is 50.7 Å². The van der Waals surface area contributed by atoms with Crippen LogP contribution in [0.15, 0.2) is 23.1 Å². The van der Waals surface area contributed by atoms with Crippen LogP contribution in [-0.4, -0.2) is 20.4 Å². The first-order valence-electron chi connectivity index (χ1n) is 14.2. The van der Waals surface area contributed by atoms with Gasteiger partial charge in [0, 0.05) is 33.5 Å². The van der Waals surface area contributed by atoms with Gasteiger partial charge in [-0.3, -0.25) is 5.10 Å². The predicted octanol–water partition coefficient (Wildman–Crippen LogP) is 9.31. The first kappa shape index (κ1) is 25.6. The number of aromatic nitrogens is 3. The van der Waals surface area contributed by atoms with Crippen molar-refractivity contribution in [1.29, 1.82) is 0 Å². The second kappa shape index (κ2) is 13.6. The largest absolute Gasteiger partial charge is 0.323 e. The van der Waals surface area contributed by atoms with Crippen LogP contribution in [0.25, 0.3) is 0 Å². The summed E-state index contributed by atoms with van der Waals surface area (Å²) in [5.41, 5.74) is 2.33. The molecule has 0 radical (unpaired) electrons. The minimum absolute atomic E-state index is 0.658. The quantitative estimate of drug-likeness (QED) is 0.413. The van der Waals surface area contributed by atoms with Crippen molar-refractivity contribution in [1.82, 2.24) is 15.2 Å². The Labute approximate surface area is 211 Å². The maximum atomic E-state index is 4.65. The van der Waals surface area contributed by atoms with E-state index in [-0.39, 0.29) is 0 Å². The molecule has 0 amide bonds. The average molecular weight is 483 g/mol. The lowest BCUT2D eigenvalue weighted by molar-refractivity contribution is 0.336. The minimum Gasteiger partial charge on any atom is -0.323 e. The normalized spacial score (nSPS) is 20.2. The maximum Gasteiger partial charge on any atom is 0.153 e. The molecule has 0 bridgehead atoms. The van der Waals surface area contributed by atoms with Crippen molar-refractivity contribution in [2.75, 3.05) is 5.32 Å². The number of thioether (sulfide) groups is 1. The molecule has 0 aromatic carbocycles. The fraction of sp³-hybridized carbons (Fsp3) is 0.724. The second-order valence-corrected chi connectivity index (χ2v) is 12.2. The van der Waals surface area contributed by atoms with Crippen LogP contribution < -0.4 is 5.32 Å². The number of H-pyrrole nitrogens is 1. The Morgan fingerprint density at radius 1 is 0.853 bits per heavy atom. The van der Waals surface area contributed by atoms with E-state index in [1.807, 2.05) is 11.8 Å². The molecule has 2 heterocycles. The molecule has 0 saturated heterocycles. The topological polar surface area (TPSA) is 53.6 Å². The van der Waals surface area contributed by atoms with Crippen molar-refractivity contribution < 1.29 is 0 Å². The molecule has 3 saturated carbocycles. The highest BCUT2D eigenvalue weighted by Gasteiger charge is 2.20. The number of hydrogen-bond acceptors (Lipinski definition) is 4. The van der Waals surface area contributed by atoms with E-state index in [1.165, 1.54) is 113 Å². The summed E-state index contributed by atoms with van der Waals surface area (Å²) in [6, 6.07) is 6.54. The molecular formula is C29H46N4S. The predicted molar refractivity (Wildman–Crippen MR) is 146 cm³/mol. The third kappa shape index (κ3) is 8.03. The third-order valence-electron chi connectivity index (χ3n) is 7.85. The van der Waals surface area contributed by atoms with Crippen molar-refractivity contribution in [3.63, 3.8) is 0 Å². The van der Waals surface area contributed by atoms with Crippen LogP contribution in [-0.2, 0) is 0 Å². The van der Waals surface area contributed by atoms with Crippen LogP contribution in [0, 0.1) is 12.8 Å². The van der Waals surface area contributed by atoms with Crippen molar-refractivity contribution in [2.45, 2.75) is 133 Å². The van der Waals surface area contributed by atoms with E-state index in [2.05, 4.69) is 52.5 Å². The summed E-state index contributed by atoms with van der Waals surface area (Å²) in [5, 5.41) is 11.8. The third-order valence-corrected chi connectivity index (χ3v) is 9.16. The molecule has 2 N–H and O–H groups in total. The van der Waals surface area contributed by atoms with E-state index in [4.69, 9.17) is 0 Å². The summed E-state index contributed by atoms with van der Waals surface area (Å²) in [5.74, 6) is 3.55. The number of rotatable bonds is 7. The number of nitrogens with one attached hydrogen (secondary N) is 2. The molecule has 2 aromatic rings. The lowest BCUT2D eigenvalue weighted by Crippen LogP contribution is -2.07. The average Bonchev–Trinajstić information content (AvgIpc) is 3.53. The summed E-state index contributed by atoms with van der Waals surface area (Å²) < 4.78 is 0. The second-order valence-electron chi connectivity index (χ2n) is 10.8. The molecule has 3 aliphatic rings. The van der Waals surface area contributed by atoms with Crippen molar-refractivity contribution in [2.24, 2.45) is 5.92 Å². The van der Waals surface area contributed by atoms with E-state index >= 15 is 0 Å². The Kier molecular flexibility index (Phi) is 10.2. The van der Waals surface area contributed by atoms with E-state index < -0.39 is 0 Å². The summed E-state index contributed by atoms with van der Waals surface area (Å²) in [7, 11) is 0. The van der Waals surface area contributed by atoms with Gasteiger partial charge in [-0.25, -0.2) is 4.98 Å². The number of aryl methyl sites for hydroxylation is 1. The van der Waals surface area contributed by atoms with E-state index in [1.54, 1.807) is 0 Å². The van der Waals surface area contributed by atoms with Gasteiger partial charge in [-0.15, -0.1) is 11.8 Å². The fourth-order valence-electron chi connectivity index (χ4n) is 6.01. The fourth-order valence-corrected chi connectivity index (χ4v) is 7.38. The smallest absolute Gasteiger partial charge is 0.153 e. The number of pyridine rings is 1. The number of nitrogens with zero attached hydrogens (tertiary/aromatic N) is 2. The van der Waals surface area contributed by atoms with Crippen LogP contribution in [0.4, 0.5) is 11.6 Å². The Bertz CT molecular complexity index is 843. The molecule has 0 aliphatic heterocycles. The first-order chi connectivity index (χ1) is 16.7. The molecule has 0 unspecified atom stereocenters. The molecule has 34 heavy (non-hydrogen) atoms. The Morgan fingerprint density at radius 3 is 2.24 bits per heavy atom. The molecular weight excluding hydrogens is 436 g/mol. The summed E-state index contributed by atoms with van der Waals surface area (Å²) >= 11 is 2.02. The molecule has 5 heteroatoms. The monoisotopic (exact) mass is 482 g/mol. The first-order valence-corrected chi connectivity index (χ1v) is 15.0. The summed E-state index contributed by atoms with van der Waals surface area (Å²) in [6.07, 6.45) is 22.5. The zero-order valence-corrected chi connectivity index (χ0v) is 22.4. The van der Waals surface area contributed by atoms with Crippen LogP contribution >= 0.6 is 11.8 Å². The van der Waals surface area contributed by atoms with Crippen LogP contribution in [0.1, 0.15) is 127 Å². The number of anilines is 2. The van der Waals surface area contributed by atoms with Crippen molar-refractivity contribution >= 4 is 23.4 Å². The summed E-state index contributed by atoms with van der Waals surface area (Å²) in [4.78, 5) is 5.98. The zero-order valence-electron chi connectivity index (χ0n) is 21.6. The van der Waals surface area contributed by atoms with Gasteiger partial charge in [0.2, 0.25) is 0 Å². The van der Waals surface area contributed by atoms with Gasteiger partial charge in [0.1, 0.15) is 5.82 Å². The molecule has 0 spiro atoms. The van der Waals surface area contributed by atoms with Gasteiger partial charge in [-0.1, -0.05) is 84.0 Å². The Balaban J connectivity index is 0.000000257. The van der Waals surface area contributed by atoms with E-state index in [0.717, 1.165) is 28.5 Å². The molecule has 3 fully saturated rings. The van der Waals surface area contributed by atoms with Gasteiger partial charge < -0.3 is 5.32 Å². The van der Waals surface area contributed by atoms with Crippen molar-refractivity contribution in [3.8, 4) is 0 Å². The van der Waals surface area contributed by atoms with Gasteiger partial charge in [0.15, 0.2) is 5.82 Å². The van der Waals surface area contributed by atoms with Gasteiger partial charge in [0.05, 0.1) is 0 Å². The van der Waals surface area contributed by atoms with Crippen LogP contribution in [0.5, 0.6) is 0 Å². The molecule has 188 valence electrons. The molecule has 5 rings (SSSR count). The number of hydrogen-bond donors (Lipinski definition) is 2. The SMILES string of the molecule is CCCC1CCCCC1.Cc1cc(SC2CCCCC2)cc(Nc2cc(C3CCCC3)[nH]n2)n1. The Hall–Kier alpha value is -1.49. The van der Waals surface area contributed by atoms with Crippen LogP contribution in [0.3, 0.4) is 0 Å². The zero-order chi connectivity index (χ0) is 23.6. The lowest BCUT2D eigenvalue weighted by atomic mass is 9.86. The molecule has 4 nitrogen and oxygen atoms in total. The lowest BCUT2D eigenvalue weighted by Gasteiger charge is -2.21. The van der Waals surface area contributed by atoms with Gasteiger partial charge in [-0.2, -0.15) is 5.10 Å². The number of aromatic amines is 1. The van der Waals surface area contributed by atoms with Crippen molar-refractivity contribution in [3.05, 3.63) is 29.6 Å². The highest BCUT2D eigenvalue weighted by Crippen LogP contribution is 2.36. The minimum atomic E-state index is 0.658. The molecule has 3 aliphatic carbocycles. The Morgan fingerprint density at radius 2 is 1.53 bits per heavy atom. The standard InChI is InChI=1S/C20H28N4S.C9H18/c1-14-11-17(25-16-9-3-2-4-10-16)12-19(21-14)22-20-13-18(23-24-20)15-7-5-6-8-15;1-2-6-9-7-4-3-5-8-9/h11-13,15-16H,2-10H2,1H3,(H2,21,22,23,24);9H,2-8H2,1H3. The van der Waals surface area contributed by atoms with Crippen LogP contribution in [0.2, 0.25) is 0 Å². The maximum absolute atomic E-state index is 4.65. The molecule has 0 atom stereocenters. The van der Waals surface area contributed by atoms with Gasteiger partial charge >= 0.3 is 0 Å².